The van der Waals surface area contributed by atoms with E-state index in [2.05, 4.69) is 32.9 Å². The van der Waals surface area contributed by atoms with Gasteiger partial charge in [-0.3, -0.25) is 9.97 Å². The second-order valence-corrected chi connectivity index (χ2v) is 25.0. The van der Waals surface area contributed by atoms with Crippen molar-refractivity contribution in [1.29, 1.82) is 0 Å². The molecule has 19 atom stereocenters. The van der Waals surface area contributed by atoms with Crippen LogP contribution >= 0.6 is 0 Å². The molecule has 12 nitrogen and oxygen atoms in total. The van der Waals surface area contributed by atoms with Gasteiger partial charge in [-0.2, -0.15) is 0 Å². The minimum absolute atomic E-state index is 0.0487. The SMILES string of the molecule is C[C@@H]1[C@]2(O[C@H]3C=C4[C@H]5CC[C@H]6Cc7nc8c(nc7C[C@]6(C)[C@@H]5C[C@H](O)[C@@]4(C)[C@]31O)C[C@@H]1CCc3c(cc4c5c3[C@H](O)C[C@@H]5[C@H](C)[C@@]3(O4)OC(C)(C)C[C@H]3O)[C@@]1(C)C8)O[C@@](C)(CO)C[C@H]2O. The third kappa shape index (κ3) is 4.96. The first kappa shape index (κ1) is 42.6. The highest BCUT2D eigenvalue weighted by Gasteiger charge is 2.79. The molecule has 6 N–H and O–H groups in total. The monoisotopic (exact) mass is 895 g/mol. The minimum atomic E-state index is -1.50. The third-order valence-corrected chi connectivity index (χ3v) is 21.4. The van der Waals surface area contributed by atoms with Crippen molar-refractivity contribution in [2.75, 3.05) is 6.61 Å². The summed E-state index contributed by atoms with van der Waals surface area (Å²) in [5.74, 6) is -1.52. The van der Waals surface area contributed by atoms with Gasteiger partial charge >= 0.3 is 0 Å². The highest BCUT2D eigenvalue weighted by molar-refractivity contribution is 5.60. The van der Waals surface area contributed by atoms with Crippen LogP contribution in [-0.4, -0.2) is 100 Å². The molecule has 2 spiro atoms. The Morgan fingerprint density at radius 2 is 1.46 bits per heavy atom. The smallest absolute Gasteiger partial charge is 0.240 e. The number of rotatable bonds is 1. The van der Waals surface area contributed by atoms with Crippen LogP contribution < -0.4 is 4.74 Å². The fourth-order valence-electron chi connectivity index (χ4n) is 17.8. The second kappa shape index (κ2) is 12.8. The van der Waals surface area contributed by atoms with E-state index >= 15 is 0 Å². The quantitative estimate of drug-likeness (QED) is 0.202. The Labute approximate surface area is 382 Å². The van der Waals surface area contributed by atoms with Crippen LogP contribution in [0.25, 0.3) is 0 Å². The number of hydrogen-bond donors (Lipinski definition) is 6. The van der Waals surface area contributed by atoms with Gasteiger partial charge in [-0.25, -0.2) is 0 Å². The number of hydrogen-bond acceptors (Lipinski definition) is 12. The van der Waals surface area contributed by atoms with Crippen molar-refractivity contribution < 1.29 is 49.6 Å². The van der Waals surface area contributed by atoms with E-state index in [0.29, 0.717) is 31.1 Å². The average molecular weight is 895 g/mol. The lowest BCUT2D eigenvalue weighted by Crippen LogP contribution is -2.64. The maximum atomic E-state index is 12.9. The van der Waals surface area contributed by atoms with E-state index in [4.69, 9.17) is 28.9 Å². The van der Waals surface area contributed by atoms with Crippen LogP contribution in [0.1, 0.15) is 157 Å². The van der Waals surface area contributed by atoms with E-state index in [9.17, 15) is 30.6 Å². The molecule has 65 heavy (non-hydrogen) atoms. The molecule has 4 aliphatic heterocycles. The Morgan fingerprint density at radius 3 is 2.15 bits per heavy atom. The van der Waals surface area contributed by atoms with E-state index < -0.39 is 70.2 Å². The molecule has 13 rings (SSSR count). The van der Waals surface area contributed by atoms with Gasteiger partial charge in [0.2, 0.25) is 11.6 Å². The lowest BCUT2D eigenvalue weighted by molar-refractivity contribution is -0.280. The molecule has 0 amide bonds. The number of aliphatic hydroxyl groups is 6. The fourth-order valence-corrected chi connectivity index (χ4v) is 17.8. The number of aliphatic hydroxyl groups excluding tert-OH is 5. The number of benzene rings is 1. The predicted molar refractivity (Wildman–Crippen MR) is 237 cm³/mol. The average Bonchev–Trinajstić information content (AvgIpc) is 3.94. The van der Waals surface area contributed by atoms with Crippen molar-refractivity contribution in [2.24, 2.45) is 46.3 Å². The van der Waals surface area contributed by atoms with Crippen LogP contribution in [0.3, 0.4) is 0 Å². The van der Waals surface area contributed by atoms with E-state index in [0.717, 1.165) is 96.6 Å². The first-order valence-corrected chi connectivity index (χ1v) is 25.2. The van der Waals surface area contributed by atoms with Crippen molar-refractivity contribution in [1.82, 2.24) is 9.97 Å². The molecular formula is C53H70N2O10. The van der Waals surface area contributed by atoms with Crippen molar-refractivity contribution in [3.05, 3.63) is 62.7 Å². The zero-order chi connectivity index (χ0) is 45.6. The van der Waals surface area contributed by atoms with Crippen LogP contribution in [0.4, 0.5) is 0 Å². The summed E-state index contributed by atoms with van der Waals surface area (Å²) in [4.78, 5) is 11.1. The van der Waals surface area contributed by atoms with Crippen LogP contribution in [-0.2, 0) is 51.7 Å². The molecule has 352 valence electrons. The lowest BCUT2D eigenvalue weighted by Gasteiger charge is -2.61. The molecule has 2 aromatic rings. The molecule has 1 aromatic heterocycles. The summed E-state index contributed by atoms with van der Waals surface area (Å²) >= 11 is 0. The topological polar surface area (TPSA) is 184 Å². The second-order valence-electron chi connectivity index (χ2n) is 25.0. The predicted octanol–water partition coefficient (Wildman–Crippen LogP) is 5.35. The molecule has 11 aliphatic rings. The van der Waals surface area contributed by atoms with Gasteiger partial charge in [0, 0.05) is 47.5 Å². The van der Waals surface area contributed by atoms with Gasteiger partial charge in [-0.05, 0) is 136 Å². The standard InChI is InChI=1S/C53H70N2O10/c1-24-30-15-38(57)44-29-12-10-27-14-35-36(19-48(27,6)31(29)16-39(45(30)44)62-52(24)41(59)21-46(3,4)64-52)54-34-13-26-9-11-28-32(49(26,7)20-37(34)55-35)17-40(58)50(8)33(28)18-43-51(50,61)25(2)53(63-43)42(60)22-47(5,23-56)65-53/h16,18,24-28,30,32,38,40-43,56-61H,9-15,17,19-23H2,1-8H3/t24-,25-,26-,27-,28-,30+,32+,38+,40-,41+,42+,43-,47+,48-,49-,50-,51+,52+,53-/m0/s1. The van der Waals surface area contributed by atoms with E-state index in [-0.39, 0.29) is 47.5 Å². The van der Waals surface area contributed by atoms with Crippen molar-refractivity contribution >= 4 is 0 Å². The summed E-state index contributed by atoms with van der Waals surface area (Å²) < 4.78 is 26.6. The summed E-state index contributed by atoms with van der Waals surface area (Å²) in [7, 11) is 0. The van der Waals surface area contributed by atoms with E-state index in [1.807, 2.05) is 27.7 Å². The Kier molecular flexibility index (Phi) is 8.39. The maximum Gasteiger partial charge on any atom is 0.240 e. The summed E-state index contributed by atoms with van der Waals surface area (Å²) in [5.41, 5.74) is 5.86. The van der Waals surface area contributed by atoms with E-state index in [1.54, 1.807) is 6.92 Å². The molecule has 0 bridgehead atoms. The summed E-state index contributed by atoms with van der Waals surface area (Å²) in [6, 6.07) is 2.26. The first-order valence-electron chi connectivity index (χ1n) is 25.2. The Hall–Kier alpha value is -2.52. The number of nitrogens with zero attached hydrogens (tertiary/aromatic N) is 2. The van der Waals surface area contributed by atoms with Gasteiger partial charge in [0.1, 0.15) is 29.7 Å². The molecule has 5 fully saturated rings. The zero-order valence-electron chi connectivity index (χ0n) is 39.5. The van der Waals surface area contributed by atoms with Crippen molar-refractivity contribution in [3.63, 3.8) is 0 Å². The molecular weight excluding hydrogens is 825 g/mol. The van der Waals surface area contributed by atoms with Gasteiger partial charge in [-0.1, -0.05) is 46.3 Å². The zero-order valence-corrected chi connectivity index (χ0v) is 39.5. The molecule has 3 saturated heterocycles. The van der Waals surface area contributed by atoms with Gasteiger partial charge in [-0.15, -0.1) is 0 Å². The summed E-state index contributed by atoms with van der Waals surface area (Å²) in [6.45, 7) is 16.4. The molecule has 7 aliphatic carbocycles. The van der Waals surface area contributed by atoms with Gasteiger partial charge < -0.3 is 49.6 Å². The highest BCUT2D eigenvalue weighted by Crippen LogP contribution is 2.71. The maximum absolute atomic E-state index is 12.9. The molecule has 5 heterocycles. The molecule has 1 aromatic carbocycles. The summed E-state index contributed by atoms with van der Waals surface area (Å²) in [5, 5.41) is 70.3. The normalized spacial score (nSPS) is 52.4. The van der Waals surface area contributed by atoms with Crippen LogP contribution in [0.2, 0.25) is 0 Å². The van der Waals surface area contributed by atoms with Gasteiger partial charge in [0.05, 0.1) is 52.8 Å². The number of ether oxygens (including phenoxy) is 4. The Bertz CT molecular complexity index is 2480. The van der Waals surface area contributed by atoms with Crippen molar-refractivity contribution in [2.45, 2.75) is 203 Å². The lowest BCUT2D eigenvalue weighted by atomic mass is 9.44. The largest absolute Gasteiger partial charge is 0.459 e. The Morgan fingerprint density at radius 1 is 0.754 bits per heavy atom. The molecule has 12 heteroatoms. The van der Waals surface area contributed by atoms with Crippen LogP contribution in [0.15, 0.2) is 17.7 Å². The van der Waals surface area contributed by atoms with Crippen molar-refractivity contribution in [3.8, 4) is 5.75 Å². The number of fused-ring (bicyclic) bond motifs is 13. The minimum Gasteiger partial charge on any atom is -0.459 e. The third-order valence-electron chi connectivity index (χ3n) is 21.4. The molecule has 2 saturated carbocycles. The van der Waals surface area contributed by atoms with E-state index in [1.165, 1.54) is 11.1 Å². The fraction of sp³-hybridized carbons (Fsp3) is 0.774. The molecule has 0 radical (unpaired) electrons. The number of aromatic nitrogens is 2. The molecule has 0 unspecified atom stereocenters. The van der Waals surface area contributed by atoms with Crippen LogP contribution in [0.5, 0.6) is 5.75 Å². The van der Waals surface area contributed by atoms with Gasteiger partial charge in [0.15, 0.2) is 0 Å². The Balaban J connectivity index is 0.811. The first-order chi connectivity index (χ1) is 30.6. The summed E-state index contributed by atoms with van der Waals surface area (Å²) in [6.07, 6.45) is 7.12. The van der Waals surface area contributed by atoms with Gasteiger partial charge in [0.25, 0.3) is 0 Å². The highest BCUT2D eigenvalue weighted by atomic mass is 16.7. The van der Waals surface area contributed by atoms with Crippen LogP contribution in [0, 0.1) is 46.3 Å².